The van der Waals surface area contributed by atoms with Crippen LogP contribution in [0, 0.1) is 20.7 Å². The molecule has 7 heteroatoms. The molecular weight excluding hydrogens is 498 g/mol. The van der Waals surface area contributed by atoms with Crippen molar-refractivity contribution < 1.29 is 18.7 Å². The zero-order valence-electron chi connectivity index (χ0n) is 16.1. The highest BCUT2D eigenvalue weighted by atomic mass is 127. The fourth-order valence-electron chi connectivity index (χ4n) is 2.70. The summed E-state index contributed by atoms with van der Waals surface area (Å²) in [6.07, 6.45) is 1.57. The van der Waals surface area contributed by atoms with Gasteiger partial charge in [0.15, 0.2) is 11.5 Å². The van der Waals surface area contributed by atoms with Crippen LogP contribution in [0.15, 0.2) is 65.8 Å². The lowest BCUT2D eigenvalue weighted by Crippen LogP contribution is -2.01. The number of nitrogens with zero attached hydrogens (tertiary/aromatic N) is 2. The van der Waals surface area contributed by atoms with Crippen molar-refractivity contribution in [3.63, 3.8) is 0 Å². The maximum Gasteiger partial charge on any atom is 0.174 e. The van der Waals surface area contributed by atoms with E-state index >= 15 is 0 Å². The molecule has 3 rings (SSSR count). The Bertz CT molecular complexity index is 1100. The fraction of sp³-hybridized carbons (Fsp3) is 0.130. The molecular formula is C23H18FIN2O3. The zero-order chi connectivity index (χ0) is 21.3. The van der Waals surface area contributed by atoms with E-state index in [-0.39, 0.29) is 19.0 Å². The second-order valence-corrected chi connectivity index (χ2v) is 7.39. The number of halogens is 2. The molecule has 0 aliphatic rings. The molecule has 3 aromatic rings. The maximum atomic E-state index is 13.3. The number of nitriles is 1. The van der Waals surface area contributed by atoms with Crippen LogP contribution in [0.3, 0.4) is 0 Å². The zero-order valence-corrected chi connectivity index (χ0v) is 18.3. The van der Waals surface area contributed by atoms with Gasteiger partial charge in [-0.3, -0.25) is 0 Å². The van der Waals surface area contributed by atoms with Gasteiger partial charge in [-0.15, -0.1) is 0 Å². The monoisotopic (exact) mass is 516 g/mol. The SMILES string of the molecule is COc1cc(/C=N\OCc2ccccc2C#N)cc(I)c1OCc1cccc(F)c1. The molecule has 0 bridgehead atoms. The van der Waals surface area contributed by atoms with E-state index in [1.54, 1.807) is 43.7 Å². The Morgan fingerprint density at radius 2 is 1.93 bits per heavy atom. The Morgan fingerprint density at radius 3 is 2.70 bits per heavy atom. The highest BCUT2D eigenvalue weighted by Crippen LogP contribution is 2.34. The van der Waals surface area contributed by atoms with Crippen LogP contribution in [0.2, 0.25) is 0 Å². The van der Waals surface area contributed by atoms with E-state index in [4.69, 9.17) is 19.6 Å². The summed E-state index contributed by atoms with van der Waals surface area (Å²) in [7, 11) is 1.55. The Hall–Kier alpha value is -3.12. The Labute approximate surface area is 187 Å². The molecule has 5 nitrogen and oxygen atoms in total. The smallest absolute Gasteiger partial charge is 0.174 e. The lowest BCUT2D eigenvalue weighted by molar-refractivity contribution is 0.132. The van der Waals surface area contributed by atoms with Gasteiger partial charge in [0.2, 0.25) is 0 Å². The highest BCUT2D eigenvalue weighted by molar-refractivity contribution is 14.1. The van der Waals surface area contributed by atoms with E-state index in [9.17, 15) is 4.39 Å². The molecule has 0 saturated carbocycles. The van der Waals surface area contributed by atoms with Crippen molar-refractivity contribution in [3.8, 4) is 17.6 Å². The fourth-order valence-corrected chi connectivity index (χ4v) is 3.48. The molecule has 0 amide bonds. The van der Waals surface area contributed by atoms with E-state index < -0.39 is 0 Å². The van der Waals surface area contributed by atoms with Gasteiger partial charge in [-0.1, -0.05) is 35.5 Å². The first-order chi connectivity index (χ1) is 14.6. The molecule has 0 aliphatic heterocycles. The predicted molar refractivity (Wildman–Crippen MR) is 120 cm³/mol. The first kappa shape index (κ1) is 21.6. The van der Waals surface area contributed by atoms with Crippen molar-refractivity contribution in [2.45, 2.75) is 13.2 Å². The average molecular weight is 516 g/mol. The van der Waals surface area contributed by atoms with Crippen molar-refractivity contribution in [2.75, 3.05) is 7.11 Å². The van der Waals surface area contributed by atoms with Gasteiger partial charge in [0, 0.05) is 11.1 Å². The molecule has 0 aromatic heterocycles. The topological polar surface area (TPSA) is 63.8 Å². The standard InChI is InChI=1S/C23H18FIN2O3/c1-28-22-11-17(13-27-30-15-19-7-3-2-6-18(19)12-26)10-21(25)23(22)29-14-16-5-4-8-20(24)9-16/h2-11,13H,14-15H2,1H3/b27-13-. The van der Waals surface area contributed by atoms with Crippen molar-refractivity contribution in [1.29, 1.82) is 5.26 Å². The molecule has 0 atom stereocenters. The number of rotatable bonds is 8. The van der Waals surface area contributed by atoms with Crippen molar-refractivity contribution in [2.24, 2.45) is 5.16 Å². The van der Waals surface area contributed by atoms with Crippen LogP contribution in [-0.2, 0) is 18.1 Å². The van der Waals surface area contributed by atoms with Crippen LogP contribution in [-0.4, -0.2) is 13.3 Å². The third-order valence-corrected chi connectivity index (χ3v) is 4.96. The third-order valence-electron chi connectivity index (χ3n) is 4.16. The third kappa shape index (κ3) is 5.70. The molecule has 0 unspecified atom stereocenters. The lowest BCUT2D eigenvalue weighted by Gasteiger charge is -2.13. The van der Waals surface area contributed by atoms with Crippen LogP contribution in [0.25, 0.3) is 0 Å². The summed E-state index contributed by atoms with van der Waals surface area (Å²) in [4.78, 5) is 5.33. The summed E-state index contributed by atoms with van der Waals surface area (Å²) >= 11 is 2.15. The number of hydrogen-bond donors (Lipinski definition) is 0. The van der Waals surface area contributed by atoms with Crippen LogP contribution >= 0.6 is 22.6 Å². The molecule has 0 N–H and O–H groups in total. The van der Waals surface area contributed by atoms with Gasteiger partial charge in [0.05, 0.1) is 28.5 Å². The van der Waals surface area contributed by atoms with E-state index in [2.05, 4.69) is 33.8 Å². The number of methoxy groups -OCH3 is 1. The second-order valence-electron chi connectivity index (χ2n) is 6.23. The second kappa shape index (κ2) is 10.6. The summed E-state index contributed by atoms with van der Waals surface area (Å²) in [6, 6.07) is 19.3. The molecule has 30 heavy (non-hydrogen) atoms. The Kier molecular flexibility index (Phi) is 7.63. The first-order valence-corrected chi connectivity index (χ1v) is 10.1. The summed E-state index contributed by atoms with van der Waals surface area (Å²) in [6.45, 7) is 0.419. The largest absolute Gasteiger partial charge is 0.493 e. The van der Waals surface area contributed by atoms with Crippen LogP contribution in [0.4, 0.5) is 4.39 Å². The van der Waals surface area contributed by atoms with Gasteiger partial charge in [-0.2, -0.15) is 5.26 Å². The molecule has 0 heterocycles. The van der Waals surface area contributed by atoms with Crippen LogP contribution in [0.1, 0.15) is 22.3 Å². The van der Waals surface area contributed by atoms with E-state index in [0.29, 0.717) is 17.1 Å². The van der Waals surface area contributed by atoms with E-state index in [1.165, 1.54) is 12.1 Å². The Balaban J connectivity index is 1.67. The normalized spacial score (nSPS) is 10.6. The van der Waals surface area contributed by atoms with Gasteiger partial charge < -0.3 is 14.3 Å². The quantitative estimate of drug-likeness (QED) is 0.227. The van der Waals surface area contributed by atoms with Crippen molar-refractivity contribution in [1.82, 2.24) is 0 Å². The van der Waals surface area contributed by atoms with Crippen molar-refractivity contribution in [3.05, 3.63) is 92.3 Å². The molecule has 0 fully saturated rings. The van der Waals surface area contributed by atoms with Gasteiger partial charge in [-0.05, 0) is 58.5 Å². The van der Waals surface area contributed by atoms with Gasteiger partial charge in [0.25, 0.3) is 0 Å². The van der Waals surface area contributed by atoms with Gasteiger partial charge >= 0.3 is 0 Å². The maximum absolute atomic E-state index is 13.3. The van der Waals surface area contributed by atoms with Gasteiger partial charge in [0.1, 0.15) is 19.0 Å². The van der Waals surface area contributed by atoms with E-state index in [0.717, 1.165) is 20.3 Å². The summed E-state index contributed by atoms with van der Waals surface area (Å²) < 4.78 is 25.5. The molecule has 152 valence electrons. The lowest BCUT2D eigenvalue weighted by atomic mass is 10.1. The van der Waals surface area contributed by atoms with Crippen LogP contribution in [0.5, 0.6) is 11.5 Å². The van der Waals surface area contributed by atoms with Gasteiger partial charge in [-0.25, -0.2) is 4.39 Å². The Morgan fingerprint density at radius 1 is 1.10 bits per heavy atom. The number of ether oxygens (including phenoxy) is 2. The summed E-state index contributed by atoms with van der Waals surface area (Å²) in [5.74, 6) is 0.805. The summed E-state index contributed by atoms with van der Waals surface area (Å²) in [5.41, 5.74) is 2.82. The van der Waals surface area contributed by atoms with E-state index in [1.807, 2.05) is 18.2 Å². The molecule has 3 aromatic carbocycles. The molecule has 0 spiro atoms. The molecule has 0 aliphatic carbocycles. The highest BCUT2D eigenvalue weighted by Gasteiger charge is 2.12. The van der Waals surface area contributed by atoms with Crippen LogP contribution < -0.4 is 9.47 Å². The van der Waals surface area contributed by atoms with Crippen molar-refractivity contribution >= 4 is 28.8 Å². The minimum Gasteiger partial charge on any atom is -0.493 e. The molecule has 0 radical (unpaired) electrons. The average Bonchev–Trinajstić information content (AvgIpc) is 2.76. The first-order valence-electron chi connectivity index (χ1n) is 8.99. The number of benzene rings is 3. The number of hydrogen-bond acceptors (Lipinski definition) is 5. The predicted octanol–water partition coefficient (Wildman–Crippen LogP) is 5.44. The summed E-state index contributed by atoms with van der Waals surface area (Å²) in [5, 5.41) is 13.1. The number of oxime groups is 1. The minimum absolute atomic E-state index is 0.198. The minimum atomic E-state index is -0.304. The molecule has 0 saturated heterocycles.